The van der Waals surface area contributed by atoms with Gasteiger partial charge in [-0.2, -0.15) is 0 Å². The average molecular weight is 697 g/mol. The molecule has 10 nitrogen and oxygen atoms in total. The number of fused-ring (bicyclic) bond motifs is 4. The molecule has 11 rings (SSSR count). The van der Waals surface area contributed by atoms with Crippen molar-refractivity contribution in [2.45, 2.75) is 0 Å². The summed E-state index contributed by atoms with van der Waals surface area (Å²) in [5.41, 5.74) is 14.3. The molecule has 0 bridgehead atoms. The summed E-state index contributed by atoms with van der Waals surface area (Å²) in [5.74, 6) is 2.78. The van der Waals surface area contributed by atoms with Crippen molar-refractivity contribution < 1.29 is 0 Å². The zero-order valence-electron chi connectivity index (χ0n) is 28.5. The Kier molecular flexibility index (Phi) is 6.62. The summed E-state index contributed by atoms with van der Waals surface area (Å²) in [6, 6.07) is 48.8. The molecule has 0 spiro atoms. The molecule has 0 aliphatic rings. The van der Waals surface area contributed by atoms with Crippen LogP contribution in [0, 0.1) is 0 Å². The molecule has 54 heavy (non-hydrogen) atoms. The number of nitrogens with zero attached hydrogens (tertiary/aromatic N) is 6. The van der Waals surface area contributed by atoms with E-state index >= 15 is 0 Å². The van der Waals surface area contributed by atoms with Crippen LogP contribution < -0.4 is 0 Å². The number of aromatic nitrogens is 10. The lowest BCUT2D eigenvalue weighted by Crippen LogP contribution is -1.94. The fraction of sp³-hybridized carbons (Fsp3) is 0. The molecule has 5 aromatic carbocycles. The highest BCUT2D eigenvalue weighted by Crippen LogP contribution is 2.34. The van der Waals surface area contributed by atoms with Crippen molar-refractivity contribution in [3.05, 3.63) is 146 Å². The van der Waals surface area contributed by atoms with E-state index in [1.807, 2.05) is 97.1 Å². The van der Waals surface area contributed by atoms with Crippen LogP contribution in [0.2, 0.25) is 0 Å². The lowest BCUT2D eigenvalue weighted by atomic mass is 9.99. The van der Waals surface area contributed by atoms with Gasteiger partial charge in [0, 0.05) is 0 Å². The summed E-state index contributed by atoms with van der Waals surface area (Å²) in [6.45, 7) is 0. The predicted octanol–water partition coefficient (Wildman–Crippen LogP) is 9.98. The molecule has 6 heterocycles. The Balaban J connectivity index is 1.03. The molecule has 0 aliphatic heterocycles. The van der Waals surface area contributed by atoms with E-state index in [1.54, 1.807) is 0 Å². The van der Waals surface area contributed by atoms with E-state index < -0.39 is 0 Å². The van der Waals surface area contributed by atoms with Crippen LogP contribution in [0.15, 0.2) is 146 Å². The maximum Gasteiger partial charge on any atom is 0.157 e. The molecule has 0 aliphatic carbocycles. The third kappa shape index (κ3) is 5.20. The molecule has 6 aromatic heterocycles. The smallest absolute Gasteiger partial charge is 0.157 e. The maximum atomic E-state index is 5.05. The fourth-order valence-corrected chi connectivity index (χ4v) is 7.03. The van der Waals surface area contributed by atoms with E-state index in [9.17, 15) is 0 Å². The Labute approximate surface area is 307 Å². The first-order valence-electron chi connectivity index (χ1n) is 17.6. The number of pyridine rings is 2. The zero-order chi connectivity index (χ0) is 35.6. The normalized spacial score (nSPS) is 11.7. The van der Waals surface area contributed by atoms with Crippen LogP contribution in [0.1, 0.15) is 0 Å². The van der Waals surface area contributed by atoms with Gasteiger partial charge < -0.3 is 19.9 Å². The van der Waals surface area contributed by atoms with E-state index in [0.29, 0.717) is 23.3 Å². The van der Waals surface area contributed by atoms with Gasteiger partial charge in [0.05, 0.1) is 44.1 Å². The molecule has 11 aromatic rings. The van der Waals surface area contributed by atoms with Crippen molar-refractivity contribution in [1.29, 1.82) is 0 Å². The van der Waals surface area contributed by atoms with E-state index in [0.717, 1.165) is 89.2 Å². The third-order valence-corrected chi connectivity index (χ3v) is 9.73. The Morgan fingerprint density at radius 1 is 0.259 bits per heavy atom. The monoisotopic (exact) mass is 696 g/mol. The van der Waals surface area contributed by atoms with Crippen molar-refractivity contribution in [2.75, 3.05) is 0 Å². The first kappa shape index (κ1) is 30.0. The largest absolute Gasteiger partial charge is 0.337 e. The molecule has 0 unspecified atom stereocenters. The Morgan fingerprint density at radius 3 is 0.778 bits per heavy atom. The van der Waals surface area contributed by atoms with Crippen LogP contribution >= 0.6 is 0 Å². The number of hydrogen-bond acceptors (Lipinski definition) is 6. The topological polar surface area (TPSA) is 140 Å². The number of benzene rings is 5. The number of rotatable bonds is 6. The van der Waals surface area contributed by atoms with Gasteiger partial charge in [-0.1, -0.05) is 72.8 Å². The van der Waals surface area contributed by atoms with Crippen LogP contribution in [0.5, 0.6) is 0 Å². The predicted molar refractivity (Wildman–Crippen MR) is 213 cm³/mol. The number of H-pyrrole nitrogens is 4. The lowest BCUT2D eigenvalue weighted by Gasteiger charge is -2.10. The van der Waals surface area contributed by atoms with Gasteiger partial charge in [-0.05, 0) is 95.1 Å². The summed E-state index contributed by atoms with van der Waals surface area (Å²) in [6.07, 6.45) is 0. The van der Waals surface area contributed by atoms with Crippen molar-refractivity contribution in [1.82, 2.24) is 49.8 Å². The van der Waals surface area contributed by atoms with Crippen LogP contribution in [-0.4, -0.2) is 49.8 Å². The first-order valence-corrected chi connectivity index (χ1v) is 17.6. The number of para-hydroxylation sites is 8. The highest BCUT2D eigenvalue weighted by Gasteiger charge is 2.17. The van der Waals surface area contributed by atoms with Crippen molar-refractivity contribution in [2.24, 2.45) is 0 Å². The third-order valence-electron chi connectivity index (χ3n) is 9.73. The summed E-state index contributed by atoms with van der Waals surface area (Å²) in [5, 5.41) is 0. The fourth-order valence-electron chi connectivity index (χ4n) is 7.03. The zero-order valence-corrected chi connectivity index (χ0v) is 28.5. The highest BCUT2D eigenvalue weighted by atomic mass is 15.0. The SMILES string of the molecule is c1ccc2[nH]c(-c3cc(-c4ccc(-c5cc(-c6nc7ccccc7[nH]6)nc(-c6nc7ccccc7[nH]6)c5)cc4)cc(-c4nc5ccccc5[nH]4)n3)nc2c1. The second kappa shape index (κ2) is 11.9. The average Bonchev–Trinajstić information content (AvgIpc) is 4.04. The summed E-state index contributed by atoms with van der Waals surface area (Å²) < 4.78 is 0. The maximum absolute atomic E-state index is 5.05. The molecular formula is C44H28N10. The molecule has 0 amide bonds. The van der Waals surface area contributed by atoms with Gasteiger partial charge in [0.15, 0.2) is 23.3 Å². The second-order valence-corrected chi connectivity index (χ2v) is 13.2. The molecule has 0 atom stereocenters. The standard InChI is InChI=1S/C44H28N10/c1-2-10-30-29(9-1)47-41(48-30)37-21-27(22-38(45-37)42-49-31-11-3-4-12-32(31)50-42)25-17-19-26(20-18-25)28-23-39(43-51-33-13-5-6-14-34(33)52-43)46-40(24-28)44-53-35-15-7-8-16-36(35)54-44/h1-24H,(H,47,48)(H,49,50)(H,51,52)(H,53,54). The van der Waals surface area contributed by atoms with Crippen LogP contribution in [-0.2, 0) is 0 Å². The number of hydrogen-bond donors (Lipinski definition) is 4. The van der Waals surface area contributed by atoms with Gasteiger partial charge in [0.25, 0.3) is 0 Å². The van der Waals surface area contributed by atoms with Gasteiger partial charge in [-0.25, -0.2) is 29.9 Å². The van der Waals surface area contributed by atoms with Crippen molar-refractivity contribution in [3.63, 3.8) is 0 Å². The van der Waals surface area contributed by atoms with Gasteiger partial charge in [0.1, 0.15) is 22.8 Å². The minimum absolute atomic E-state index is 0.694. The molecule has 0 fully saturated rings. The van der Waals surface area contributed by atoms with Crippen LogP contribution in [0.4, 0.5) is 0 Å². The lowest BCUT2D eigenvalue weighted by molar-refractivity contribution is 1.20. The molecule has 4 N–H and O–H groups in total. The molecular weight excluding hydrogens is 669 g/mol. The molecule has 10 heteroatoms. The van der Waals surface area contributed by atoms with E-state index in [-0.39, 0.29) is 0 Å². The second-order valence-electron chi connectivity index (χ2n) is 13.2. The molecule has 0 saturated heterocycles. The van der Waals surface area contributed by atoms with Crippen molar-refractivity contribution >= 4 is 44.1 Å². The summed E-state index contributed by atoms with van der Waals surface area (Å²) >= 11 is 0. The van der Waals surface area contributed by atoms with E-state index in [4.69, 9.17) is 29.9 Å². The first-order chi connectivity index (χ1) is 26.7. The molecule has 0 radical (unpaired) electrons. The molecule has 0 saturated carbocycles. The van der Waals surface area contributed by atoms with Gasteiger partial charge in [-0.15, -0.1) is 0 Å². The van der Waals surface area contributed by atoms with Crippen LogP contribution in [0.3, 0.4) is 0 Å². The van der Waals surface area contributed by atoms with Gasteiger partial charge >= 0.3 is 0 Å². The quantitative estimate of drug-likeness (QED) is 0.136. The Hall–Kier alpha value is -7.72. The van der Waals surface area contributed by atoms with Gasteiger partial charge in [-0.3, -0.25) is 0 Å². The minimum atomic E-state index is 0.694. The number of imidazole rings is 4. The van der Waals surface area contributed by atoms with E-state index in [2.05, 4.69) is 68.5 Å². The Morgan fingerprint density at radius 2 is 0.519 bits per heavy atom. The molecule has 254 valence electrons. The van der Waals surface area contributed by atoms with E-state index in [1.165, 1.54) is 0 Å². The Bertz CT molecular complexity index is 2650. The highest BCUT2D eigenvalue weighted by molar-refractivity contribution is 5.85. The summed E-state index contributed by atoms with van der Waals surface area (Å²) in [7, 11) is 0. The summed E-state index contributed by atoms with van der Waals surface area (Å²) in [4.78, 5) is 43.4. The number of aromatic amines is 4. The van der Waals surface area contributed by atoms with Crippen molar-refractivity contribution in [3.8, 4) is 68.3 Å². The van der Waals surface area contributed by atoms with Crippen LogP contribution in [0.25, 0.3) is 112 Å². The number of nitrogens with one attached hydrogen (secondary N) is 4. The van der Waals surface area contributed by atoms with Gasteiger partial charge in [0.2, 0.25) is 0 Å². The minimum Gasteiger partial charge on any atom is -0.337 e.